The van der Waals surface area contributed by atoms with E-state index in [-0.39, 0.29) is 18.1 Å². The van der Waals surface area contributed by atoms with Gasteiger partial charge in [-0.2, -0.15) is 0 Å². The van der Waals surface area contributed by atoms with Crippen LogP contribution in [0.3, 0.4) is 0 Å². The highest BCUT2D eigenvalue weighted by Crippen LogP contribution is 2.49. The van der Waals surface area contributed by atoms with Gasteiger partial charge in [0.15, 0.2) is 11.3 Å². The van der Waals surface area contributed by atoms with Crippen molar-refractivity contribution >= 4 is 34.8 Å². The van der Waals surface area contributed by atoms with Crippen LogP contribution in [0.4, 0.5) is 10.5 Å². The minimum Gasteiger partial charge on any atom is -0.465 e. The fraction of sp³-hybridized carbons (Fsp3) is 0.458. The number of hydrogen-bond donors (Lipinski definition) is 1. The van der Waals surface area contributed by atoms with E-state index in [1.807, 2.05) is 12.1 Å². The molecule has 1 aromatic carbocycles. The Morgan fingerprint density at radius 3 is 2.42 bits per heavy atom. The highest BCUT2D eigenvalue weighted by Gasteiger charge is 2.59. The van der Waals surface area contributed by atoms with Crippen molar-refractivity contribution in [1.29, 1.82) is 0 Å². The molecule has 0 saturated carbocycles. The van der Waals surface area contributed by atoms with Crippen LogP contribution in [0, 0.1) is 0 Å². The van der Waals surface area contributed by atoms with Crippen LogP contribution < -0.4 is 4.90 Å². The lowest BCUT2D eigenvalue weighted by Gasteiger charge is -2.45. The molecular weight excluding hydrogens is 412 g/mol. The average Bonchev–Trinajstić information content (AvgIpc) is 3.30. The number of anilines is 1. The summed E-state index contributed by atoms with van der Waals surface area (Å²) < 4.78 is 0. The number of benzene rings is 1. The normalized spacial score (nSPS) is 18.2. The van der Waals surface area contributed by atoms with Crippen molar-refractivity contribution in [2.45, 2.75) is 64.5 Å². The highest BCUT2D eigenvalue weighted by molar-refractivity contribution is 7.12. The fourth-order valence-corrected chi connectivity index (χ4v) is 5.16. The second-order valence-electron chi connectivity index (χ2n) is 8.91. The van der Waals surface area contributed by atoms with Crippen LogP contribution in [-0.2, 0) is 10.3 Å². The van der Waals surface area contributed by atoms with Gasteiger partial charge in [0.05, 0.1) is 4.88 Å². The molecule has 0 fully saturated rings. The summed E-state index contributed by atoms with van der Waals surface area (Å²) in [6.07, 6.45) is 1.35. The molecule has 3 rings (SSSR count). The van der Waals surface area contributed by atoms with E-state index in [1.165, 1.54) is 16.2 Å². The van der Waals surface area contributed by atoms with Crippen LogP contribution in [0.15, 0.2) is 41.8 Å². The summed E-state index contributed by atoms with van der Waals surface area (Å²) in [6, 6.07) is 10.8. The molecule has 0 spiro atoms. The van der Waals surface area contributed by atoms with Crippen molar-refractivity contribution in [1.82, 2.24) is 4.90 Å². The zero-order valence-electron chi connectivity index (χ0n) is 18.6. The van der Waals surface area contributed by atoms with E-state index in [0.717, 1.165) is 19.3 Å². The summed E-state index contributed by atoms with van der Waals surface area (Å²) in [5, 5.41) is 12.1. The molecule has 166 valence electrons. The molecule has 2 heterocycles. The van der Waals surface area contributed by atoms with Crippen LogP contribution in [0.2, 0.25) is 0 Å². The highest BCUT2D eigenvalue weighted by atomic mass is 32.1. The first-order valence-electron chi connectivity index (χ1n) is 10.7. The van der Waals surface area contributed by atoms with Crippen LogP contribution >= 0.6 is 11.3 Å². The number of rotatable bonds is 8. The van der Waals surface area contributed by atoms with E-state index in [1.54, 1.807) is 55.3 Å². The van der Waals surface area contributed by atoms with Crippen molar-refractivity contribution in [2.24, 2.45) is 0 Å². The van der Waals surface area contributed by atoms with Gasteiger partial charge in [-0.1, -0.05) is 44.0 Å². The predicted molar refractivity (Wildman–Crippen MR) is 123 cm³/mol. The molecule has 1 atom stereocenters. The van der Waals surface area contributed by atoms with Crippen molar-refractivity contribution in [3.05, 3.63) is 52.2 Å². The summed E-state index contributed by atoms with van der Waals surface area (Å²) >= 11 is 1.30. The molecule has 1 aromatic heterocycles. The number of ketones is 1. The van der Waals surface area contributed by atoms with Crippen LogP contribution in [0.5, 0.6) is 0 Å². The lowest BCUT2D eigenvalue weighted by molar-refractivity contribution is -0.132. The Labute approximate surface area is 187 Å². The first kappa shape index (κ1) is 23.0. The van der Waals surface area contributed by atoms with Crippen LogP contribution in [0.1, 0.15) is 68.6 Å². The summed E-state index contributed by atoms with van der Waals surface area (Å²) in [6.45, 7) is 7.86. The van der Waals surface area contributed by atoms with E-state index in [2.05, 4.69) is 6.92 Å². The molecular formula is C24H30N2O4S. The molecule has 1 aliphatic heterocycles. The molecule has 31 heavy (non-hydrogen) atoms. The number of para-hydroxylation sites is 1. The molecule has 0 saturated heterocycles. The van der Waals surface area contributed by atoms with Gasteiger partial charge < -0.3 is 10.0 Å². The Balaban J connectivity index is 2.20. The Hall–Kier alpha value is -2.67. The zero-order valence-corrected chi connectivity index (χ0v) is 19.4. The number of hydrogen-bond acceptors (Lipinski definition) is 4. The standard InChI is InChI=1S/C24H30N2O4S/c1-5-6-9-14-25-18-12-8-7-11-17(18)24(21(25)28,26(22(29)30)23(2,3)4)16-19(27)20-13-10-15-31-20/h7-8,10-13,15H,5-6,9,14,16H2,1-4H3,(H,29,30). The maximum atomic E-state index is 14.0. The van der Waals surface area contributed by atoms with E-state index in [9.17, 15) is 19.5 Å². The van der Waals surface area contributed by atoms with Gasteiger partial charge in [0, 0.05) is 29.8 Å². The number of carbonyl (C=O) groups is 3. The van der Waals surface area contributed by atoms with Gasteiger partial charge in [-0.05, 0) is 44.7 Å². The predicted octanol–water partition coefficient (Wildman–Crippen LogP) is 5.53. The molecule has 1 N–H and O–H groups in total. The number of nitrogens with zero attached hydrogens (tertiary/aromatic N) is 2. The number of unbranched alkanes of at least 4 members (excludes halogenated alkanes) is 2. The molecule has 6 nitrogen and oxygen atoms in total. The largest absolute Gasteiger partial charge is 0.465 e. The second kappa shape index (κ2) is 8.83. The van der Waals surface area contributed by atoms with Crippen LogP contribution in [-0.4, -0.2) is 39.9 Å². The Morgan fingerprint density at radius 2 is 1.84 bits per heavy atom. The van der Waals surface area contributed by atoms with Gasteiger partial charge in [0.1, 0.15) is 0 Å². The number of fused-ring (bicyclic) bond motifs is 1. The van der Waals surface area contributed by atoms with Crippen molar-refractivity contribution in [2.75, 3.05) is 11.4 Å². The molecule has 0 bridgehead atoms. The molecule has 0 aliphatic carbocycles. The van der Waals surface area contributed by atoms with Crippen LogP contribution in [0.25, 0.3) is 0 Å². The van der Waals surface area contributed by atoms with Gasteiger partial charge in [-0.15, -0.1) is 11.3 Å². The first-order valence-corrected chi connectivity index (χ1v) is 11.5. The third-order valence-corrected chi connectivity index (χ3v) is 6.59. The SMILES string of the molecule is CCCCCN1C(=O)C(CC(=O)c2cccs2)(N(C(=O)O)C(C)(C)C)c2ccccc21. The van der Waals surface area contributed by atoms with Crippen molar-refractivity contribution in [3.63, 3.8) is 0 Å². The maximum Gasteiger partial charge on any atom is 0.408 e. The lowest BCUT2D eigenvalue weighted by atomic mass is 9.81. The third kappa shape index (κ3) is 4.11. The Bertz CT molecular complexity index is 964. The van der Waals surface area contributed by atoms with E-state index >= 15 is 0 Å². The molecule has 7 heteroatoms. The van der Waals surface area contributed by atoms with Gasteiger partial charge in [-0.25, -0.2) is 4.79 Å². The molecule has 1 aliphatic rings. The Morgan fingerprint density at radius 1 is 1.13 bits per heavy atom. The maximum absolute atomic E-state index is 14.0. The minimum absolute atomic E-state index is 0.225. The summed E-state index contributed by atoms with van der Waals surface area (Å²) in [7, 11) is 0. The topological polar surface area (TPSA) is 77.9 Å². The molecule has 2 amide bonds. The first-order chi connectivity index (χ1) is 14.6. The van der Waals surface area contributed by atoms with Gasteiger partial charge in [-0.3, -0.25) is 14.5 Å². The van der Waals surface area contributed by atoms with E-state index < -0.39 is 17.2 Å². The third-order valence-electron chi connectivity index (χ3n) is 5.68. The van der Waals surface area contributed by atoms with Gasteiger partial charge in [0.25, 0.3) is 5.91 Å². The van der Waals surface area contributed by atoms with Crippen molar-refractivity contribution < 1.29 is 19.5 Å². The lowest BCUT2D eigenvalue weighted by Crippen LogP contribution is -2.62. The van der Waals surface area contributed by atoms with E-state index in [0.29, 0.717) is 22.7 Å². The summed E-state index contributed by atoms with van der Waals surface area (Å²) in [4.78, 5) is 43.3. The number of carboxylic acid groups (broad SMARTS) is 1. The molecule has 0 radical (unpaired) electrons. The quantitative estimate of drug-likeness (QED) is 0.431. The fourth-order valence-electron chi connectivity index (χ4n) is 4.49. The van der Waals surface area contributed by atoms with E-state index in [4.69, 9.17) is 0 Å². The monoisotopic (exact) mass is 442 g/mol. The number of carbonyl (C=O) groups excluding carboxylic acids is 2. The van der Waals surface area contributed by atoms with Gasteiger partial charge >= 0.3 is 6.09 Å². The van der Waals surface area contributed by atoms with Crippen molar-refractivity contribution in [3.8, 4) is 0 Å². The zero-order chi connectivity index (χ0) is 22.8. The Kier molecular flexibility index (Phi) is 6.55. The summed E-state index contributed by atoms with van der Waals surface area (Å²) in [5.41, 5.74) is -1.23. The second-order valence-corrected chi connectivity index (χ2v) is 9.86. The number of Topliss-reactive ketones (excluding diaryl/α,β-unsaturated/α-hetero) is 1. The molecule has 1 unspecified atom stereocenters. The minimum atomic E-state index is -1.60. The molecule has 2 aromatic rings. The number of thiophene rings is 1. The summed E-state index contributed by atoms with van der Waals surface area (Å²) in [5.74, 6) is -0.573. The average molecular weight is 443 g/mol. The smallest absolute Gasteiger partial charge is 0.408 e. The van der Waals surface area contributed by atoms with Gasteiger partial charge in [0.2, 0.25) is 0 Å². The number of amides is 2.